The molecule has 2 aromatic carbocycles. The molecule has 0 fully saturated rings. The molecular weight excluding hydrogens is 372 g/mol. The third-order valence-corrected chi connectivity index (χ3v) is 6.23. The van der Waals surface area contributed by atoms with Gasteiger partial charge in [0.1, 0.15) is 5.78 Å². The van der Waals surface area contributed by atoms with E-state index in [2.05, 4.69) is 10.2 Å². The van der Waals surface area contributed by atoms with Crippen LogP contribution in [-0.4, -0.2) is 30.2 Å². The lowest BCUT2D eigenvalue weighted by Crippen LogP contribution is -2.23. The van der Waals surface area contributed by atoms with E-state index in [0.717, 1.165) is 22.3 Å². The van der Waals surface area contributed by atoms with Crippen molar-refractivity contribution in [3.8, 4) is 5.69 Å². The number of hydrogen-bond acceptors (Lipinski definition) is 5. The van der Waals surface area contributed by atoms with Crippen molar-refractivity contribution < 1.29 is 4.79 Å². The maximum absolute atomic E-state index is 13.4. The number of thioether (sulfide) groups is 1. The average Bonchev–Trinajstić information content (AvgIpc) is 3.08. The summed E-state index contributed by atoms with van der Waals surface area (Å²) in [4.78, 5) is 25.1. The van der Waals surface area contributed by atoms with Crippen molar-refractivity contribution in [2.45, 2.75) is 38.1 Å². The number of fused-ring (bicyclic) bond motifs is 3. The van der Waals surface area contributed by atoms with E-state index >= 15 is 0 Å². The number of aromatic nitrogens is 4. The first-order valence-corrected chi connectivity index (χ1v) is 9.90. The number of nitrogens with zero attached hydrogens (tertiary/aromatic N) is 4. The molecule has 6 nitrogen and oxygen atoms in total. The monoisotopic (exact) mass is 392 g/mol. The highest BCUT2D eigenvalue weighted by molar-refractivity contribution is 8.00. The maximum Gasteiger partial charge on any atom is 0.267 e. The smallest absolute Gasteiger partial charge is 0.267 e. The predicted octanol–water partition coefficient (Wildman–Crippen LogP) is 3.72. The van der Waals surface area contributed by atoms with Crippen LogP contribution in [0, 0.1) is 13.8 Å². The van der Waals surface area contributed by atoms with Gasteiger partial charge in [-0.05, 0) is 57.0 Å². The summed E-state index contributed by atoms with van der Waals surface area (Å²) in [6.45, 7) is 7.41. The summed E-state index contributed by atoms with van der Waals surface area (Å²) in [5.41, 5.74) is 3.48. The number of aryl methyl sites for hydroxylation is 1. The molecule has 0 bridgehead atoms. The molecule has 142 valence electrons. The Morgan fingerprint density at radius 1 is 1.07 bits per heavy atom. The fourth-order valence-electron chi connectivity index (χ4n) is 3.19. The second kappa shape index (κ2) is 6.91. The summed E-state index contributed by atoms with van der Waals surface area (Å²) in [5, 5.41) is 9.55. The van der Waals surface area contributed by atoms with Gasteiger partial charge in [-0.1, -0.05) is 36.0 Å². The van der Waals surface area contributed by atoms with Crippen molar-refractivity contribution in [1.29, 1.82) is 0 Å². The van der Waals surface area contributed by atoms with Crippen LogP contribution in [0.2, 0.25) is 0 Å². The Bertz CT molecular complexity index is 1290. The predicted molar refractivity (Wildman–Crippen MR) is 112 cm³/mol. The number of carbonyl (C=O) groups excluding carboxylic acids is 1. The van der Waals surface area contributed by atoms with Crippen LogP contribution in [0.25, 0.3) is 22.4 Å². The molecule has 1 unspecified atom stereocenters. The summed E-state index contributed by atoms with van der Waals surface area (Å²) < 4.78 is 3.47. The Labute approximate surface area is 166 Å². The Morgan fingerprint density at radius 3 is 2.57 bits per heavy atom. The van der Waals surface area contributed by atoms with Crippen molar-refractivity contribution in [2.24, 2.45) is 0 Å². The third kappa shape index (κ3) is 2.82. The zero-order valence-corrected chi connectivity index (χ0v) is 16.9. The molecule has 2 heterocycles. The maximum atomic E-state index is 13.4. The normalized spacial score (nSPS) is 12.6. The fourth-order valence-corrected chi connectivity index (χ4v) is 4.05. The number of Topliss-reactive ketones (excluding diaryl/α,β-unsaturated/α-hetero) is 1. The molecule has 7 heteroatoms. The van der Waals surface area contributed by atoms with Crippen LogP contribution >= 0.6 is 11.8 Å². The number of rotatable bonds is 4. The number of hydrogen-bond donors (Lipinski definition) is 0. The topological polar surface area (TPSA) is 69.3 Å². The molecule has 0 N–H and O–H groups in total. The minimum Gasteiger partial charge on any atom is -0.299 e. The standard InChI is InChI=1S/C21H20N4O2S/c1-12-8-7-11-17(13(12)2)24-19(27)16-9-5-6-10-18(16)25-20(24)22-23-21(25)28-15(4)14(3)26/h5-11,15H,1-4H3. The van der Waals surface area contributed by atoms with Gasteiger partial charge < -0.3 is 0 Å². The van der Waals surface area contributed by atoms with Crippen molar-refractivity contribution in [1.82, 2.24) is 19.2 Å². The SMILES string of the molecule is CC(=O)C(C)Sc1nnc2n(-c3cccc(C)c3C)c(=O)c3ccccc3n12. The van der Waals surface area contributed by atoms with Crippen LogP contribution in [0.1, 0.15) is 25.0 Å². The molecule has 28 heavy (non-hydrogen) atoms. The minimum atomic E-state index is -0.257. The van der Waals surface area contributed by atoms with E-state index in [1.165, 1.54) is 11.8 Å². The molecule has 0 spiro atoms. The van der Waals surface area contributed by atoms with Crippen LogP contribution < -0.4 is 5.56 Å². The van der Waals surface area contributed by atoms with Gasteiger partial charge in [0.05, 0.1) is 21.8 Å². The molecule has 0 saturated carbocycles. The first kappa shape index (κ1) is 18.4. The van der Waals surface area contributed by atoms with E-state index in [-0.39, 0.29) is 16.6 Å². The lowest BCUT2D eigenvalue weighted by molar-refractivity contribution is -0.116. The molecule has 4 rings (SSSR count). The van der Waals surface area contributed by atoms with E-state index in [1.54, 1.807) is 11.5 Å². The fraction of sp³-hybridized carbons (Fsp3) is 0.238. The number of benzene rings is 2. The molecule has 2 aromatic heterocycles. The molecule has 0 aliphatic heterocycles. The molecule has 0 saturated heterocycles. The highest BCUT2D eigenvalue weighted by Gasteiger charge is 2.21. The summed E-state index contributed by atoms with van der Waals surface area (Å²) in [6.07, 6.45) is 0. The second-order valence-corrected chi connectivity index (χ2v) is 8.17. The van der Waals surface area contributed by atoms with Gasteiger partial charge in [-0.2, -0.15) is 0 Å². The molecule has 1 atom stereocenters. The highest BCUT2D eigenvalue weighted by atomic mass is 32.2. The summed E-state index contributed by atoms with van der Waals surface area (Å²) in [7, 11) is 0. The molecule has 0 aliphatic carbocycles. The van der Waals surface area contributed by atoms with Gasteiger partial charge in [0.15, 0.2) is 5.16 Å². The van der Waals surface area contributed by atoms with Crippen molar-refractivity contribution in [2.75, 3.05) is 0 Å². The zero-order chi connectivity index (χ0) is 20.0. The van der Waals surface area contributed by atoms with E-state index in [0.29, 0.717) is 16.3 Å². The first-order valence-electron chi connectivity index (χ1n) is 9.02. The molecule has 4 aromatic rings. The first-order chi connectivity index (χ1) is 13.4. The summed E-state index contributed by atoms with van der Waals surface area (Å²) in [6, 6.07) is 13.3. The largest absolute Gasteiger partial charge is 0.299 e. The van der Waals surface area contributed by atoms with Gasteiger partial charge in [-0.15, -0.1) is 10.2 Å². The van der Waals surface area contributed by atoms with Crippen LogP contribution in [-0.2, 0) is 4.79 Å². The molecular formula is C21H20N4O2S. The van der Waals surface area contributed by atoms with E-state index in [9.17, 15) is 9.59 Å². The van der Waals surface area contributed by atoms with Crippen molar-refractivity contribution in [3.63, 3.8) is 0 Å². The Morgan fingerprint density at radius 2 is 1.82 bits per heavy atom. The Hall–Kier alpha value is -2.93. The van der Waals surface area contributed by atoms with E-state index in [1.807, 2.05) is 67.6 Å². The average molecular weight is 392 g/mol. The van der Waals surface area contributed by atoms with Crippen LogP contribution in [0.4, 0.5) is 0 Å². The number of carbonyl (C=O) groups is 1. The summed E-state index contributed by atoms with van der Waals surface area (Å²) in [5.74, 6) is 0.504. The quantitative estimate of drug-likeness (QED) is 0.495. The summed E-state index contributed by atoms with van der Waals surface area (Å²) >= 11 is 1.34. The van der Waals surface area contributed by atoms with Crippen LogP contribution in [0.3, 0.4) is 0 Å². The van der Waals surface area contributed by atoms with Gasteiger partial charge in [0, 0.05) is 0 Å². The van der Waals surface area contributed by atoms with Crippen LogP contribution in [0.15, 0.2) is 52.4 Å². The highest BCUT2D eigenvalue weighted by Crippen LogP contribution is 2.27. The van der Waals surface area contributed by atoms with E-state index in [4.69, 9.17) is 0 Å². The van der Waals surface area contributed by atoms with Gasteiger partial charge in [-0.25, -0.2) is 4.57 Å². The van der Waals surface area contributed by atoms with Gasteiger partial charge >= 0.3 is 0 Å². The lowest BCUT2D eigenvalue weighted by Gasteiger charge is -2.14. The lowest BCUT2D eigenvalue weighted by atomic mass is 10.1. The van der Waals surface area contributed by atoms with Gasteiger partial charge in [0.25, 0.3) is 5.56 Å². The minimum absolute atomic E-state index is 0.0638. The van der Waals surface area contributed by atoms with Gasteiger partial charge in [0.2, 0.25) is 5.78 Å². The van der Waals surface area contributed by atoms with Gasteiger partial charge in [-0.3, -0.25) is 14.0 Å². The van der Waals surface area contributed by atoms with E-state index < -0.39 is 0 Å². The Balaban J connectivity index is 2.12. The number of ketones is 1. The van der Waals surface area contributed by atoms with Crippen LogP contribution in [0.5, 0.6) is 0 Å². The number of para-hydroxylation sites is 1. The Kier molecular flexibility index (Phi) is 4.55. The van der Waals surface area contributed by atoms with Crippen molar-refractivity contribution >= 4 is 34.2 Å². The third-order valence-electron chi connectivity index (χ3n) is 5.07. The molecule has 0 amide bonds. The zero-order valence-electron chi connectivity index (χ0n) is 16.1. The second-order valence-electron chi connectivity index (χ2n) is 6.87. The molecule has 0 aliphatic rings. The van der Waals surface area contributed by atoms with Crippen molar-refractivity contribution in [3.05, 3.63) is 63.9 Å². The molecule has 0 radical (unpaired) electrons.